The molecule has 0 bridgehead atoms. The number of pyridine rings is 1. The smallest absolute Gasteiger partial charge is 0.231 e. The van der Waals surface area contributed by atoms with Gasteiger partial charge in [-0.25, -0.2) is 0 Å². The summed E-state index contributed by atoms with van der Waals surface area (Å²) in [5.41, 5.74) is 6.75. The number of nitrogens with zero attached hydrogens (tertiary/aromatic N) is 3. The highest BCUT2D eigenvalue weighted by Crippen LogP contribution is 2.32. The first-order valence-electron chi connectivity index (χ1n) is 5.85. The molecule has 0 unspecified atom stereocenters. The molecule has 1 saturated carbocycles. The zero-order valence-corrected chi connectivity index (χ0v) is 9.41. The zero-order chi connectivity index (χ0) is 11.7. The largest absolute Gasteiger partial charge is 0.339 e. The predicted molar refractivity (Wildman–Crippen MR) is 62.1 cm³/mol. The third kappa shape index (κ3) is 1.93. The lowest BCUT2D eigenvalue weighted by molar-refractivity contribution is 0.345. The Kier molecular flexibility index (Phi) is 2.60. The van der Waals surface area contributed by atoms with Crippen molar-refractivity contribution in [3.63, 3.8) is 0 Å². The van der Waals surface area contributed by atoms with E-state index < -0.39 is 0 Å². The van der Waals surface area contributed by atoms with Crippen molar-refractivity contribution in [1.29, 1.82) is 0 Å². The molecule has 88 valence electrons. The normalized spacial score (nSPS) is 24.1. The van der Waals surface area contributed by atoms with Crippen LogP contribution in [0.25, 0.3) is 11.5 Å². The molecule has 5 heteroatoms. The monoisotopic (exact) mass is 230 g/mol. The zero-order valence-electron chi connectivity index (χ0n) is 9.41. The molecular weight excluding hydrogens is 216 g/mol. The number of hydrogen-bond acceptors (Lipinski definition) is 5. The standard InChI is InChI=1S/C12H14N4O/c13-9-5-3-4-8(9)12-15-11(16-17-12)10-6-1-2-7-14-10/h1-2,6-9H,3-5,13H2/t8-,9-/m1/s1. The van der Waals surface area contributed by atoms with Gasteiger partial charge in [-0.15, -0.1) is 0 Å². The van der Waals surface area contributed by atoms with Gasteiger partial charge in [-0.05, 0) is 25.0 Å². The van der Waals surface area contributed by atoms with E-state index in [1.165, 1.54) is 0 Å². The number of aromatic nitrogens is 3. The molecule has 2 atom stereocenters. The van der Waals surface area contributed by atoms with Gasteiger partial charge >= 0.3 is 0 Å². The van der Waals surface area contributed by atoms with Crippen LogP contribution in [-0.2, 0) is 0 Å². The molecule has 1 aliphatic carbocycles. The Hall–Kier alpha value is -1.75. The van der Waals surface area contributed by atoms with Crippen LogP contribution in [0.5, 0.6) is 0 Å². The fourth-order valence-electron chi connectivity index (χ4n) is 2.28. The van der Waals surface area contributed by atoms with E-state index in [9.17, 15) is 0 Å². The van der Waals surface area contributed by atoms with E-state index in [0.29, 0.717) is 11.7 Å². The molecule has 1 fully saturated rings. The fourth-order valence-corrected chi connectivity index (χ4v) is 2.28. The van der Waals surface area contributed by atoms with Crippen LogP contribution in [0.4, 0.5) is 0 Å². The highest BCUT2D eigenvalue weighted by atomic mass is 16.5. The number of hydrogen-bond donors (Lipinski definition) is 1. The highest BCUT2D eigenvalue weighted by molar-refractivity contribution is 5.47. The van der Waals surface area contributed by atoms with Gasteiger partial charge in [0.2, 0.25) is 11.7 Å². The van der Waals surface area contributed by atoms with Crippen molar-refractivity contribution in [3.8, 4) is 11.5 Å². The summed E-state index contributed by atoms with van der Waals surface area (Å²) in [5, 5.41) is 3.96. The van der Waals surface area contributed by atoms with Crippen LogP contribution in [0, 0.1) is 0 Å². The van der Waals surface area contributed by atoms with Crippen LogP contribution in [0.15, 0.2) is 28.9 Å². The van der Waals surface area contributed by atoms with E-state index in [0.717, 1.165) is 25.0 Å². The average molecular weight is 230 g/mol. The van der Waals surface area contributed by atoms with E-state index in [1.807, 2.05) is 18.2 Å². The summed E-state index contributed by atoms with van der Waals surface area (Å²) >= 11 is 0. The van der Waals surface area contributed by atoms with Gasteiger partial charge in [-0.1, -0.05) is 17.6 Å². The lowest BCUT2D eigenvalue weighted by Crippen LogP contribution is -2.22. The van der Waals surface area contributed by atoms with E-state index >= 15 is 0 Å². The Labute approximate surface area is 99.1 Å². The third-order valence-electron chi connectivity index (χ3n) is 3.22. The van der Waals surface area contributed by atoms with Crippen molar-refractivity contribution in [2.45, 2.75) is 31.2 Å². The van der Waals surface area contributed by atoms with Crippen LogP contribution in [0.3, 0.4) is 0 Å². The van der Waals surface area contributed by atoms with Crippen LogP contribution in [0.1, 0.15) is 31.1 Å². The number of nitrogens with two attached hydrogens (primary N) is 1. The van der Waals surface area contributed by atoms with E-state index in [-0.39, 0.29) is 12.0 Å². The molecule has 2 heterocycles. The van der Waals surface area contributed by atoms with Gasteiger partial charge < -0.3 is 10.3 Å². The summed E-state index contributed by atoms with van der Waals surface area (Å²) in [6.07, 6.45) is 4.91. The molecule has 5 nitrogen and oxygen atoms in total. The summed E-state index contributed by atoms with van der Waals surface area (Å²) in [5.74, 6) is 1.40. The molecule has 17 heavy (non-hydrogen) atoms. The maximum Gasteiger partial charge on any atom is 0.231 e. The van der Waals surface area contributed by atoms with E-state index in [2.05, 4.69) is 15.1 Å². The Balaban J connectivity index is 1.88. The average Bonchev–Trinajstić information content (AvgIpc) is 2.98. The second-order valence-electron chi connectivity index (χ2n) is 4.37. The highest BCUT2D eigenvalue weighted by Gasteiger charge is 2.30. The van der Waals surface area contributed by atoms with Crippen molar-refractivity contribution in [1.82, 2.24) is 15.1 Å². The molecule has 0 aliphatic heterocycles. The molecule has 2 aromatic rings. The Morgan fingerprint density at radius 3 is 2.94 bits per heavy atom. The second-order valence-corrected chi connectivity index (χ2v) is 4.37. The molecule has 2 aromatic heterocycles. The van der Waals surface area contributed by atoms with Crippen LogP contribution in [-0.4, -0.2) is 21.2 Å². The van der Waals surface area contributed by atoms with Crippen molar-refractivity contribution >= 4 is 0 Å². The SMILES string of the molecule is N[C@@H]1CCC[C@H]1c1nc(-c2ccccn2)no1. The molecule has 0 saturated heterocycles. The van der Waals surface area contributed by atoms with E-state index in [1.54, 1.807) is 6.20 Å². The quantitative estimate of drug-likeness (QED) is 0.850. The van der Waals surface area contributed by atoms with Gasteiger partial charge in [0.25, 0.3) is 0 Å². The third-order valence-corrected chi connectivity index (χ3v) is 3.22. The van der Waals surface area contributed by atoms with Crippen molar-refractivity contribution in [2.24, 2.45) is 5.73 Å². The first-order chi connectivity index (χ1) is 8.34. The Bertz CT molecular complexity index is 496. The first kappa shape index (κ1) is 10.4. The maximum atomic E-state index is 6.02. The fraction of sp³-hybridized carbons (Fsp3) is 0.417. The lowest BCUT2D eigenvalue weighted by atomic mass is 10.1. The molecular formula is C12H14N4O. The topological polar surface area (TPSA) is 77.8 Å². The Morgan fingerprint density at radius 2 is 2.24 bits per heavy atom. The first-order valence-corrected chi connectivity index (χ1v) is 5.85. The van der Waals surface area contributed by atoms with E-state index in [4.69, 9.17) is 10.3 Å². The summed E-state index contributed by atoms with van der Waals surface area (Å²) in [6.45, 7) is 0. The molecule has 0 amide bonds. The van der Waals surface area contributed by atoms with Gasteiger partial charge in [-0.3, -0.25) is 4.98 Å². The minimum atomic E-state index is 0.145. The van der Waals surface area contributed by atoms with Gasteiger partial charge in [0.1, 0.15) is 5.69 Å². The summed E-state index contributed by atoms with van der Waals surface area (Å²) < 4.78 is 5.29. The molecule has 1 aliphatic rings. The second kappa shape index (κ2) is 4.25. The maximum absolute atomic E-state index is 6.02. The van der Waals surface area contributed by atoms with Gasteiger partial charge in [0.15, 0.2) is 0 Å². The predicted octanol–water partition coefficient (Wildman–Crippen LogP) is 1.73. The van der Waals surface area contributed by atoms with Crippen molar-refractivity contribution in [2.75, 3.05) is 0 Å². The van der Waals surface area contributed by atoms with Crippen molar-refractivity contribution in [3.05, 3.63) is 30.3 Å². The van der Waals surface area contributed by atoms with Gasteiger partial charge in [-0.2, -0.15) is 4.98 Å². The summed E-state index contributed by atoms with van der Waals surface area (Å²) in [6, 6.07) is 5.77. The van der Waals surface area contributed by atoms with Gasteiger partial charge in [0, 0.05) is 12.2 Å². The molecule has 2 N–H and O–H groups in total. The van der Waals surface area contributed by atoms with Gasteiger partial charge in [0.05, 0.1) is 5.92 Å². The van der Waals surface area contributed by atoms with Crippen LogP contribution >= 0.6 is 0 Å². The molecule has 0 radical (unpaired) electrons. The molecule has 0 spiro atoms. The minimum Gasteiger partial charge on any atom is -0.339 e. The molecule has 3 rings (SSSR count). The lowest BCUT2D eigenvalue weighted by Gasteiger charge is -2.08. The van der Waals surface area contributed by atoms with Crippen LogP contribution in [0.2, 0.25) is 0 Å². The van der Waals surface area contributed by atoms with Crippen LogP contribution < -0.4 is 5.73 Å². The Morgan fingerprint density at radius 1 is 1.29 bits per heavy atom. The summed E-state index contributed by atoms with van der Waals surface area (Å²) in [4.78, 5) is 8.58. The number of rotatable bonds is 2. The van der Waals surface area contributed by atoms with Crippen molar-refractivity contribution < 1.29 is 4.52 Å². The summed E-state index contributed by atoms with van der Waals surface area (Å²) in [7, 11) is 0. The minimum absolute atomic E-state index is 0.145. The molecule has 0 aromatic carbocycles.